The average Bonchev–Trinajstić information content (AvgIpc) is 2.91. The zero-order valence-corrected chi connectivity index (χ0v) is 16.5. The Balaban J connectivity index is 1.99. The molecular formula is C22H27N3O2. The van der Waals surface area contributed by atoms with Crippen LogP contribution in [-0.4, -0.2) is 21.2 Å². The van der Waals surface area contributed by atoms with E-state index in [9.17, 15) is 4.79 Å². The molecular weight excluding hydrogens is 338 g/mol. The number of fused-ring (bicyclic) bond motifs is 1. The van der Waals surface area contributed by atoms with Crippen molar-refractivity contribution in [3.63, 3.8) is 0 Å². The van der Waals surface area contributed by atoms with E-state index in [1.54, 1.807) is 0 Å². The minimum absolute atomic E-state index is 0.227. The van der Waals surface area contributed by atoms with Gasteiger partial charge in [0.05, 0.1) is 23.8 Å². The number of amides is 1. The first-order valence-corrected chi connectivity index (χ1v) is 9.19. The van der Waals surface area contributed by atoms with Crippen molar-refractivity contribution < 1.29 is 9.53 Å². The molecule has 0 aliphatic carbocycles. The third-order valence-corrected chi connectivity index (χ3v) is 4.44. The van der Waals surface area contributed by atoms with Crippen LogP contribution in [0.5, 0.6) is 0 Å². The van der Waals surface area contributed by atoms with Crippen LogP contribution in [0.1, 0.15) is 45.9 Å². The minimum Gasteiger partial charge on any atom is -0.444 e. The Morgan fingerprint density at radius 3 is 2.63 bits per heavy atom. The average molecular weight is 365 g/mol. The number of hydrogen-bond acceptors (Lipinski definition) is 3. The number of carbonyl (C=O) groups excluding carboxylic acids is 1. The molecule has 2 heterocycles. The predicted molar refractivity (Wildman–Crippen MR) is 107 cm³/mol. The molecule has 1 unspecified atom stereocenters. The first-order valence-electron chi connectivity index (χ1n) is 9.19. The second-order valence-electron chi connectivity index (χ2n) is 7.92. The highest BCUT2D eigenvalue weighted by atomic mass is 16.6. The maximum Gasteiger partial charge on any atom is 0.408 e. The molecule has 1 aromatic heterocycles. The summed E-state index contributed by atoms with van der Waals surface area (Å²) in [4.78, 5) is 17.1. The van der Waals surface area contributed by atoms with Gasteiger partial charge >= 0.3 is 6.09 Å². The van der Waals surface area contributed by atoms with Gasteiger partial charge in [0.15, 0.2) is 0 Å². The highest BCUT2D eigenvalue weighted by Gasteiger charge is 2.27. The van der Waals surface area contributed by atoms with Crippen molar-refractivity contribution in [1.82, 2.24) is 14.9 Å². The molecule has 1 aliphatic rings. The number of carbonyl (C=O) groups is 1. The lowest BCUT2D eigenvalue weighted by Gasteiger charge is -2.23. The predicted octanol–water partition coefficient (Wildman–Crippen LogP) is 5.02. The summed E-state index contributed by atoms with van der Waals surface area (Å²) in [7, 11) is 0. The molecule has 142 valence electrons. The van der Waals surface area contributed by atoms with Gasteiger partial charge in [-0.25, -0.2) is 9.78 Å². The second-order valence-corrected chi connectivity index (χ2v) is 7.92. The molecule has 0 saturated heterocycles. The van der Waals surface area contributed by atoms with Gasteiger partial charge in [0, 0.05) is 12.1 Å². The number of alkyl carbamates (subject to hydrolysis) is 1. The van der Waals surface area contributed by atoms with Crippen LogP contribution in [0.3, 0.4) is 0 Å². The fourth-order valence-electron chi connectivity index (χ4n) is 3.21. The summed E-state index contributed by atoms with van der Waals surface area (Å²) in [6, 6.07) is 9.80. The largest absolute Gasteiger partial charge is 0.444 e. The number of allylic oxidation sites excluding steroid dienone is 2. The van der Waals surface area contributed by atoms with Gasteiger partial charge in [0.25, 0.3) is 0 Å². The van der Waals surface area contributed by atoms with Crippen LogP contribution in [0, 0.1) is 0 Å². The van der Waals surface area contributed by atoms with Gasteiger partial charge in [-0.05, 0) is 39.7 Å². The number of ether oxygens (including phenoxy) is 1. The normalized spacial score (nSPS) is 16.7. The molecule has 5 nitrogen and oxygen atoms in total. The van der Waals surface area contributed by atoms with E-state index in [-0.39, 0.29) is 6.04 Å². The Bertz CT molecular complexity index is 873. The van der Waals surface area contributed by atoms with Crippen molar-refractivity contribution in [2.45, 2.75) is 52.3 Å². The Hall–Kier alpha value is -2.82. The molecule has 2 aromatic rings. The molecule has 5 heteroatoms. The first-order chi connectivity index (χ1) is 12.7. The molecule has 0 spiro atoms. The lowest BCUT2D eigenvalue weighted by molar-refractivity contribution is 0.0502. The first kappa shape index (κ1) is 19.0. The highest BCUT2D eigenvalue weighted by Crippen LogP contribution is 2.33. The maximum absolute atomic E-state index is 12.4. The molecule has 1 amide bonds. The molecule has 0 saturated carbocycles. The summed E-state index contributed by atoms with van der Waals surface area (Å²) < 4.78 is 7.57. The lowest BCUT2D eigenvalue weighted by Crippen LogP contribution is -2.35. The van der Waals surface area contributed by atoms with Gasteiger partial charge in [-0.1, -0.05) is 48.6 Å². The summed E-state index contributed by atoms with van der Waals surface area (Å²) in [6.07, 6.45) is 4.22. The molecule has 0 radical (unpaired) electrons. The van der Waals surface area contributed by atoms with E-state index in [2.05, 4.69) is 27.5 Å². The van der Waals surface area contributed by atoms with E-state index in [0.717, 1.165) is 28.1 Å². The standard InChI is InChI=1S/C22H27N3O2/c1-15(2)17-11-12-18(24-21(26)27-22(3,4)5)20-19(23-14-25(20)13-17)16-9-7-6-8-10-16/h6-11,14,18H,1,12-13H2,2-5H3,(H,24,26). The van der Waals surface area contributed by atoms with Crippen molar-refractivity contribution in [2.24, 2.45) is 0 Å². The molecule has 0 fully saturated rings. The van der Waals surface area contributed by atoms with E-state index in [4.69, 9.17) is 4.74 Å². The second kappa shape index (κ2) is 7.43. The Morgan fingerprint density at radius 2 is 2.00 bits per heavy atom. The summed E-state index contributed by atoms with van der Waals surface area (Å²) in [5, 5.41) is 3.03. The van der Waals surface area contributed by atoms with Crippen LogP contribution in [0.4, 0.5) is 4.79 Å². The van der Waals surface area contributed by atoms with E-state index in [1.165, 1.54) is 0 Å². The number of imidazole rings is 1. The quantitative estimate of drug-likeness (QED) is 0.831. The summed E-state index contributed by atoms with van der Waals surface area (Å²) in [5.41, 5.74) is 4.53. The van der Waals surface area contributed by atoms with Gasteiger partial charge in [-0.2, -0.15) is 0 Å². The number of nitrogens with zero attached hydrogens (tertiary/aromatic N) is 2. The summed E-state index contributed by atoms with van der Waals surface area (Å²) in [6.45, 7) is 12.4. The van der Waals surface area contributed by atoms with Gasteiger partial charge < -0.3 is 14.6 Å². The molecule has 1 aliphatic heterocycles. The lowest BCUT2D eigenvalue weighted by atomic mass is 10.0. The number of rotatable bonds is 3. The number of aromatic nitrogens is 2. The van der Waals surface area contributed by atoms with Crippen molar-refractivity contribution in [1.29, 1.82) is 0 Å². The third-order valence-electron chi connectivity index (χ3n) is 4.44. The monoisotopic (exact) mass is 365 g/mol. The maximum atomic E-state index is 12.4. The topological polar surface area (TPSA) is 56.1 Å². The van der Waals surface area contributed by atoms with Crippen molar-refractivity contribution in [3.05, 3.63) is 66.2 Å². The van der Waals surface area contributed by atoms with Crippen molar-refractivity contribution >= 4 is 6.09 Å². The van der Waals surface area contributed by atoms with Crippen LogP contribution in [0.15, 0.2) is 60.5 Å². The van der Waals surface area contributed by atoms with E-state index in [0.29, 0.717) is 13.0 Å². The Morgan fingerprint density at radius 1 is 1.30 bits per heavy atom. The van der Waals surface area contributed by atoms with E-state index < -0.39 is 11.7 Å². The number of nitrogens with one attached hydrogen (secondary N) is 1. The summed E-state index contributed by atoms with van der Waals surface area (Å²) >= 11 is 0. The Kier molecular flexibility index (Phi) is 5.22. The smallest absolute Gasteiger partial charge is 0.408 e. The van der Waals surface area contributed by atoms with Crippen LogP contribution >= 0.6 is 0 Å². The molecule has 1 atom stereocenters. The van der Waals surface area contributed by atoms with Crippen molar-refractivity contribution in [3.8, 4) is 11.3 Å². The number of hydrogen-bond donors (Lipinski definition) is 1. The van der Waals surface area contributed by atoms with Gasteiger partial charge in [-0.15, -0.1) is 0 Å². The zero-order valence-electron chi connectivity index (χ0n) is 16.5. The number of benzene rings is 1. The van der Waals surface area contributed by atoms with Gasteiger partial charge in [0.2, 0.25) is 0 Å². The molecule has 27 heavy (non-hydrogen) atoms. The van der Waals surface area contributed by atoms with E-state index >= 15 is 0 Å². The fraction of sp³-hybridized carbons (Fsp3) is 0.364. The van der Waals surface area contributed by atoms with Crippen LogP contribution in [0.25, 0.3) is 11.3 Å². The van der Waals surface area contributed by atoms with E-state index in [1.807, 2.05) is 64.4 Å². The van der Waals surface area contributed by atoms with Crippen LogP contribution in [0.2, 0.25) is 0 Å². The molecule has 1 N–H and O–H groups in total. The fourth-order valence-corrected chi connectivity index (χ4v) is 3.21. The highest BCUT2D eigenvalue weighted by molar-refractivity contribution is 5.70. The van der Waals surface area contributed by atoms with Crippen LogP contribution in [-0.2, 0) is 11.3 Å². The van der Waals surface area contributed by atoms with Crippen LogP contribution < -0.4 is 5.32 Å². The molecule has 3 rings (SSSR count). The third kappa shape index (κ3) is 4.48. The SMILES string of the molecule is C=C(C)C1=CCC(NC(=O)OC(C)(C)C)c2c(-c3ccccc3)ncn2C1. The van der Waals surface area contributed by atoms with Gasteiger partial charge in [0.1, 0.15) is 5.60 Å². The molecule has 1 aromatic carbocycles. The Labute approximate surface area is 160 Å². The molecule has 0 bridgehead atoms. The van der Waals surface area contributed by atoms with Gasteiger partial charge in [-0.3, -0.25) is 0 Å². The minimum atomic E-state index is -0.546. The summed E-state index contributed by atoms with van der Waals surface area (Å²) in [5.74, 6) is 0. The zero-order chi connectivity index (χ0) is 19.6. The van der Waals surface area contributed by atoms with Crippen molar-refractivity contribution in [2.75, 3.05) is 0 Å².